The SMILES string of the molecule is CCOc1ccc(C(=O)N2CCC(NC(=O)c3occc3COc3ccccc3)CC2)cc1. The Morgan fingerprint density at radius 1 is 0.970 bits per heavy atom. The fourth-order valence-corrected chi connectivity index (χ4v) is 3.85. The third kappa shape index (κ3) is 5.74. The zero-order chi connectivity index (χ0) is 23.0. The third-order valence-corrected chi connectivity index (χ3v) is 5.62. The van der Waals surface area contributed by atoms with Crippen molar-refractivity contribution in [1.29, 1.82) is 0 Å². The van der Waals surface area contributed by atoms with Gasteiger partial charge in [0.25, 0.3) is 11.8 Å². The van der Waals surface area contributed by atoms with Crippen LogP contribution in [0.25, 0.3) is 0 Å². The molecule has 2 aromatic carbocycles. The van der Waals surface area contributed by atoms with Crippen LogP contribution in [-0.2, 0) is 6.61 Å². The molecule has 1 aliphatic heterocycles. The topological polar surface area (TPSA) is 81.0 Å². The van der Waals surface area contributed by atoms with Crippen LogP contribution in [0.2, 0.25) is 0 Å². The lowest BCUT2D eigenvalue weighted by molar-refractivity contribution is 0.0695. The Kier molecular flexibility index (Phi) is 7.29. The van der Waals surface area contributed by atoms with Crippen LogP contribution >= 0.6 is 0 Å². The van der Waals surface area contributed by atoms with Crippen LogP contribution < -0.4 is 14.8 Å². The number of carbonyl (C=O) groups is 2. The van der Waals surface area contributed by atoms with Gasteiger partial charge in [0, 0.05) is 30.3 Å². The number of rotatable bonds is 8. The zero-order valence-corrected chi connectivity index (χ0v) is 18.7. The molecule has 0 radical (unpaired) electrons. The van der Waals surface area contributed by atoms with E-state index in [1.807, 2.05) is 54.3 Å². The first-order valence-corrected chi connectivity index (χ1v) is 11.2. The van der Waals surface area contributed by atoms with E-state index in [4.69, 9.17) is 13.9 Å². The number of hydrogen-bond acceptors (Lipinski definition) is 5. The van der Waals surface area contributed by atoms with E-state index in [1.165, 1.54) is 6.26 Å². The maximum absolute atomic E-state index is 12.8. The number of hydrogen-bond donors (Lipinski definition) is 1. The minimum absolute atomic E-state index is 0.00536. The Morgan fingerprint density at radius 2 is 1.67 bits per heavy atom. The van der Waals surface area contributed by atoms with Gasteiger partial charge in [-0.15, -0.1) is 0 Å². The van der Waals surface area contributed by atoms with E-state index in [2.05, 4.69) is 5.32 Å². The minimum atomic E-state index is -0.261. The van der Waals surface area contributed by atoms with Crippen molar-refractivity contribution in [3.8, 4) is 11.5 Å². The Hall–Kier alpha value is -3.74. The molecule has 0 saturated carbocycles. The highest BCUT2D eigenvalue weighted by Crippen LogP contribution is 2.19. The van der Waals surface area contributed by atoms with Gasteiger partial charge in [-0.05, 0) is 62.2 Å². The molecule has 3 aromatic rings. The van der Waals surface area contributed by atoms with Gasteiger partial charge in [-0.25, -0.2) is 0 Å². The summed E-state index contributed by atoms with van der Waals surface area (Å²) < 4.78 is 16.6. The van der Waals surface area contributed by atoms with Gasteiger partial charge in [-0.3, -0.25) is 9.59 Å². The first-order valence-electron chi connectivity index (χ1n) is 11.2. The molecule has 1 N–H and O–H groups in total. The number of piperidine rings is 1. The lowest BCUT2D eigenvalue weighted by atomic mass is 10.0. The summed E-state index contributed by atoms with van der Waals surface area (Å²) in [4.78, 5) is 27.4. The molecule has 7 heteroatoms. The summed E-state index contributed by atoms with van der Waals surface area (Å²) in [5.74, 6) is 1.48. The molecular weight excluding hydrogens is 420 g/mol. The van der Waals surface area contributed by atoms with Crippen molar-refractivity contribution in [3.63, 3.8) is 0 Å². The van der Waals surface area contributed by atoms with Crippen LogP contribution in [0, 0.1) is 0 Å². The van der Waals surface area contributed by atoms with Crippen LogP contribution in [0.3, 0.4) is 0 Å². The average molecular weight is 449 g/mol. The number of benzene rings is 2. The highest BCUT2D eigenvalue weighted by atomic mass is 16.5. The van der Waals surface area contributed by atoms with Crippen molar-refractivity contribution in [2.24, 2.45) is 0 Å². The predicted molar refractivity (Wildman–Crippen MR) is 123 cm³/mol. The van der Waals surface area contributed by atoms with Crippen LogP contribution in [0.15, 0.2) is 71.3 Å². The van der Waals surface area contributed by atoms with E-state index >= 15 is 0 Å². The van der Waals surface area contributed by atoms with Gasteiger partial charge in [-0.2, -0.15) is 0 Å². The van der Waals surface area contributed by atoms with E-state index in [-0.39, 0.29) is 30.2 Å². The van der Waals surface area contributed by atoms with Crippen LogP contribution in [0.1, 0.15) is 46.2 Å². The number of para-hydroxylation sites is 1. The average Bonchev–Trinajstić information content (AvgIpc) is 3.33. The molecule has 2 heterocycles. The highest BCUT2D eigenvalue weighted by Gasteiger charge is 2.26. The van der Waals surface area contributed by atoms with Gasteiger partial charge in [-0.1, -0.05) is 18.2 Å². The van der Waals surface area contributed by atoms with Crippen LogP contribution in [0.5, 0.6) is 11.5 Å². The van der Waals surface area contributed by atoms with Gasteiger partial charge in [0.15, 0.2) is 5.76 Å². The Bertz CT molecular complexity index is 1050. The van der Waals surface area contributed by atoms with E-state index in [9.17, 15) is 9.59 Å². The summed E-state index contributed by atoms with van der Waals surface area (Å²) in [6, 6.07) is 18.4. The third-order valence-electron chi connectivity index (χ3n) is 5.62. The molecule has 0 atom stereocenters. The number of ether oxygens (including phenoxy) is 2. The summed E-state index contributed by atoms with van der Waals surface area (Å²) in [5.41, 5.74) is 1.33. The molecule has 2 amide bonds. The van der Waals surface area contributed by atoms with E-state index in [1.54, 1.807) is 18.2 Å². The zero-order valence-electron chi connectivity index (χ0n) is 18.7. The highest BCUT2D eigenvalue weighted by molar-refractivity contribution is 5.94. The Balaban J connectivity index is 1.27. The van der Waals surface area contributed by atoms with Crippen molar-refractivity contribution in [1.82, 2.24) is 10.2 Å². The molecule has 0 bridgehead atoms. The van der Waals surface area contributed by atoms with Crippen molar-refractivity contribution < 1.29 is 23.5 Å². The maximum Gasteiger partial charge on any atom is 0.287 e. The fourth-order valence-electron chi connectivity index (χ4n) is 3.85. The molecule has 1 aromatic heterocycles. The van der Waals surface area contributed by atoms with Crippen molar-refractivity contribution >= 4 is 11.8 Å². The molecule has 33 heavy (non-hydrogen) atoms. The smallest absolute Gasteiger partial charge is 0.287 e. The van der Waals surface area contributed by atoms with E-state index in [0.717, 1.165) is 11.5 Å². The van der Waals surface area contributed by atoms with Crippen molar-refractivity contribution in [2.45, 2.75) is 32.4 Å². The van der Waals surface area contributed by atoms with E-state index in [0.29, 0.717) is 43.7 Å². The molecular formula is C26H28N2O5. The first kappa shape index (κ1) is 22.5. The van der Waals surface area contributed by atoms with Gasteiger partial charge >= 0.3 is 0 Å². The van der Waals surface area contributed by atoms with Crippen LogP contribution in [0.4, 0.5) is 0 Å². The second-order valence-corrected chi connectivity index (χ2v) is 7.87. The van der Waals surface area contributed by atoms with Gasteiger partial charge in [0.2, 0.25) is 0 Å². The minimum Gasteiger partial charge on any atom is -0.494 e. The number of carbonyl (C=O) groups excluding carboxylic acids is 2. The molecule has 1 aliphatic rings. The molecule has 1 fully saturated rings. The molecule has 7 nitrogen and oxygen atoms in total. The number of nitrogens with one attached hydrogen (secondary N) is 1. The molecule has 0 spiro atoms. The normalized spacial score (nSPS) is 14.0. The summed E-state index contributed by atoms with van der Waals surface area (Å²) in [6.07, 6.45) is 2.87. The molecule has 1 saturated heterocycles. The van der Waals surface area contributed by atoms with Gasteiger partial charge in [0.05, 0.1) is 12.9 Å². The number of furan rings is 1. The molecule has 172 valence electrons. The van der Waals surface area contributed by atoms with Crippen molar-refractivity contribution in [2.75, 3.05) is 19.7 Å². The quantitative estimate of drug-likeness (QED) is 0.556. The van der Waals surface area contributed by atoms with Gasteiger partial charge in [0.1, 0.15) is 18.1 Å². The second kappa shape index (κ2) is 10.7. The Labute approximate surface area is 193 Å². The lowest BCUT2D eigenvalue weighted by Crippen LogP contribution is -2.46. The number of amides is 2. The molecule has 0 unspecified atom stereocenters. The predicted octanol–water partition coefficient (Wildman–Crippen LogP) is 4.29. The summed E-state index contributed by atoms with van der Waals surface area (Å²) in [6.45, 7) is 3.93. The molecule has 0 aliphatic carbocycles. The monoisotopic (exact) mass is 448 g/mol. The fraction of sp³-hybridized carbons (Fsp3) is 0.308. The largest absolute Gasteiger partial charge is 0.494 e. The maximum atomic E-state index is 12.8. The lowest BCUT2D eigenvalue weighted by Gasteiger charge is -2.32. The standard InChI is InChI=1S/C26H28N2O5/c1-2-31-23-10-8-19(9-11-23)26(30)28-15-12-21(13-16-28)27-25(29)24-20(14-17-32-24)18-33-22-6-4-3-5-7-22/h3-11,14,17,21H,2,12-13,15-16,18H2,1H3,(H,27,29). The second-order valence-electron chi connectivity index (χ2n) is 7.87. The Morgan fingerprint density at radius 3 is 2.36 bits per heavy atom. The number of likely N-dealkylation sites (tertiary alicyclic amines) is 1. The molecule has 4 rings (SSSR count). The summed E-state index contributed by atoms with van der Waals surface area (Å²) in [5, 5.41) is 3.04. The summed E-state index contributed by atoms with van der Waals surface area (Å²) >= 11 is 0. The van der Waals surface area contributed by atoms with Crippen molar-refractivity contribution in [3.05, 3.63) is 83.8 Å². The summed E-state index contributed by atoms with van der Waals surface area (Å²) in [7, 11) is 0. The van der Waals surface area contributed by atoms with Gasteiger partial charge < -0.3 is 24.1 Å². The van der Waals surface area contributed by atoms with E-state index < -0.39 is 0 Å². The van der Waals surface area contributed by atoms with Crippen LogP contribution in [-0.4, -0.2) is 42.5 Å². The first-order chi connectivity index (χ1) is 16.1. The number of nitrogens with zero attached hydrogens (tertiary/aromatic N) is 1.